The Balaban J connectivity index is 2.14. The van der Waals surface area contributed by atoms with Crippen molar-refractivity contribution in [1.82, 2.24) is 5.32 Å². The molecule has 0 atom stereocenters. The van der Waals surface area contributed by atoms with Gasteiger partial charge in [-0.3, -0.25) is 9.79 Å². The normalized spacial score (nSPS) is 16.8. The van der Waals surface area contributed by atoms with Gasteiger partial charge in [-0.05, 0) is 49.6 Å². The molecule has 0 unspecified atom stereocenters. The maximum Gasteiger partial charge on any atom is 0.251 e. The van der Waals surface area contributed by atoms with E-state index in [1.807, 2.05) is 30.8 Å². The van der Waals surface area contributed by atoms with E-state index in [9.17, 15) is 4.79 Å². The summed E-state index contributed by atoms with van der Waals surface area (Å²) in [6, 6.07) is 6.37. The smallest absolute Gasteiger partial charge is 0.251 e. The Labute approximate surface area is 149 Å². The number of thioether (sulfide) groups is 2. The number of aryl methyl sites for hydroxylation is 1. The van der Waals surface area contributed by atoms with Crippen molar-refractivity contribution in [2.24, 2.45) is 4.99 Å². The van der Waals surface area contributed by atoms with Crippen LogP contribution in [0.1, 0.15) is 21.5 Å². The number of nitrogens with zero attached hydrogens (tertiary/aromatic N) is 1. The van der Waals surface area contributed by atoms with Gasteiger partial charge < -0.3 is 5.32 Å². The summed E-state index contributed by atoms with van der Waals surface area (Å²) in [6.07, 6.45) is 8.87. The van der Waals surface area contributed by atoms with Gasteiger partial charge in [-0.2, -0.15) is 11.8 Å². The van der Waals surface area contributed by atoms with E-state index in [1.165, 1.54) is 0 Å². The molecule has 23 heavy (non-hydrogen) atoms. The first-order chi connectivity index (χ1) is 10.8. The molecule has 1 amide bonds. The molecule has 1 aliphatic rings. The van der Waals surface area contributed by atoms with Gasteiger partial charge in [-0.25, -0.2) is 10.0 Å². The Kier molecular flexibility index (Phi) is 6.51. The van der Waals surface area contributed by atoms with E-state index in [4.69, 9.17) is 4.99 Å². The van der Waals surface area contributed by atoms with Crippen LogP contribution in [0.25, 0.3) is 0 Å². The SMILES string of the molecule is CS/C(=N\CS(C)(C)C)c1ccc(C(=O)NC2CSC2)c(C)c1. The van der Waals surface area contributed by atoms with Crippen molar-refractivity contribution in [3.8, 4) is 0 Å². The lowest BCUT2D eigenvalue weighted by Crippen LogP contribution is -2.44. The number of nitrogens with one attached hydrogen (secondary N) is 1. The predicted molar refractivity (Wildman–Crippen MR) is 110 cm³/mol. The largest absolute Gasteiger partial charge is 0.348 e. The van der Waals surface area contributed by atoms with Gasteiger partial charge in [0.25, 0.3) is 5.91 Å². The van der Waals surface area contributed by atoms with E-state index in [0.29, 0.717) is 6.04 Å². The van der Waals surface area contributed by atoms with Gasteiger partial charge in [-0.1, -0.05) is 6.07 Å². The van der Waals surface area contributed by atoms with Crippen molar-refractivity contribution in [3.05, 3.63) is 34.9 Å². The van der Waals surface area contributed by atoms with Gasteiger partial charge in [0.15, 0.2) is 0 Å². The fourth-order valence-corrected chi connectivity index (χ4v) is 3.95. The van der Waals surface area contributed by atoms with Crippen LogP contribution >= 0.6 is 33.6 Å². The van der Waals surface area contributed by atoms with Crippen LogP contribution in [-0.4, -0.2) is 59.4 Å². The molecule has 1 aliphatic heterocycles. The van der Waals surface area contributed by atoms with Gasteiger partial charge in [0.1, 0.15) is 0 Å². The molecule has 1 aromatic rings. The van der Waals surface area contributed by atoms with Gasteiger partial charge in [-0.15, -0.1) is 11.8 Å². The summed E-state index contributed by atoms with van der Waals surface area (Å²) < 4.78 is 0. The molecule has 0 aliphatic carbocycles. The lowest BCUT2D eigenvalue weighted by Gasteiger charge is -2.26. The molecule has 1 fully saturated rings. The Morgan fingerprint density at radius 1 is 1.39 bits per heavy atom. The molecule has 1 aromatic carbocycles. The monoisotopic (exact) mass is 370 g/mol. The molecule has 128 valence electrons. The van der Waals surface area contributed by atoms with Crippen LogP contribution in [0.4, 0.5) is 0 Å². The number of amides is 1. The van der Waals surface area contributed by atoms with Crippen molar-refractivity contribution >= 4 is 44.5 Å². The lowest BCUT2D eigenvalue weighted by molar-refractivity contribution is 0.0942. The maximum absolute atomic E-state index is 12.3. The number of benzene rings is 1. The zero-order valence-corrected chi connectivity index (χ0v) is 17.0. The number of hydrogen-bond donors (Lipinski definition) is 1. The second-order valence-electron chi connectivity index (χ2n) is 6.62. The van der Waals surface area contributed by atoms with E-state index in [2.05, 4.69) is 36.4 Å². The van der Waals surface area contributed by atoms with Gasteiger partial charge in [0, 0.05) is 28.7 Å². The third-order valence-electron chi connectivity index (χ3n) is 3.48. The van der Waals surface area contributed by atoms with Crippen molar-refractivity contribution in [3.63, 3.8) is 0 Å². The van der Waals surface area contributed by atoms with Gasteiger partial charge in [0.2, 0.25) is 0 Å². The summed E-state index contributed by atoms with van der Waals surface area (Å²) >= 11 is 3.54. The van der Waals surface area contributed by atoms with Gasteiger partial charge in [0.05, 0.1) is 10.9 Å². The molecule has 1 N–H and O–H groups in total. The molecular formula is C17H26N2OS3. The van der Waals surface area contributed by atoms with Crippen LogP contribution in [0, 0.1) is 6.92 Å². The minimum Gasteiger partial charge on any atom is -0.348 e. The summed E-state index contributed by atoms with van der Waals surface area (Å²) in [5.74, 6) is 2.98. The molecule has 1 heterocycles. The quantitative estimate of drug-likeness (QED) is 0.636. The molecule has 3 nitrogen and oxygen atoms in total. The first-order valence-electron chi connectivity index (χ1n) is 7.54. The standard InChI is InChI=1S/C17H26N2OS3/c1-12-8-13(17(21-2)18-11-23(3,4)5)6-7-15(12)16(20)19-14-9-22-10-14/h6-8,14H,9-11H2,1-5H3,(H,19,20)/b18-17-. The van der Waals surface area contributed by atoms with Crippen molar-refractivity contribution in [1.29, 1.82) is 0 Å². The van der Waals surface area contributed by atoms with Gasteiger partial charge >= 0.3 is 0 Å². The summed E-state index contributed by atoms with van der Waals surface area (Å²) in [6.45, 7) is 2.00. The zero-order valence-electron chi connectivity index (χ0n) is 14.5. The first-order valence-corrected chi connectivity index (χ1v) is 12.9. The zero-order chi connectivity index (χ0) is 17.0. The van der Waals surface area contributed by atoms with E-state index >= 15 is 0 Å². The van der Waals surface area contributed by atoms with Crippen molar-refractivity contribution in [2.45, 2.75) is 13.0 Å². The highest BCUT2D eigenvalue weighted by molar-refractivity contribution is 8.32. The van der Waals surface area contributed by atoms with Crippen LogP contribution < -0.4 is 5.32 Å². The minimum absolute atomic E-state index is 0.0427. The van der Waals surface area contributed by atoms with Crippen LogP contribution in [0.15, 0.2) is 23.2 Å². The Hall–Kier alpha value is -0.590. The van der Waals surface area contributed by atoms with Crippen molar-refractivity contribution in [2.75, 3.05) is 42.4 Å². The van der Waals surface area contributed by atoms with Crippen LogP contribution in [0.2, 0.25) is 0 Å². The Morgan fingerprint density at radius 3 is 2.57 bits per heavy atom. The Bertz CT molecular complexity index is 604. The minimum atomic E-state index is -0.646. The fourth-order valence-electron chi connectivity index (χ4n) is 2.16. The average molecular weight is 371 g/mol. The molecule has 0 saturated carbocycles. The summed E-state index contributed by atoms with van der Waals surface area (Å²) in [4.78, 5) is 17.1. The number of aliphatic imine (C=N–C) groups is 1. The second-order valence-corrected chi connectivity index (χ2v) is 12.9. The van der Waals surface area contributed by atoms with Crippen LogP contribution in [0.3, 0.4) is 0 Å². The number of hydrogen-bond acceptors (Lipinski definition) is 4. The fraction of sp³-hybridized carbons (Fsp3) is 0.529. The summed E-state index contributed by atoms with van der Waals surface area (Å²) in [5.41, 5.74) is 2.89. The number of carbonyl (C=O) groups is 1. The molecule has 0 bridgehead atoms. The van der Waals surface area contributed by atoms with E-state index < -0.39 is 10.0 Å². The maximum atomic E-state index is 12.3. The summed E-state index contributed by atoms with van der Waals surface area (Å²) in [5, 5.41) is 4.14. The Morgan fingerprint density at radius 2 is 2.09 bits per heavy atom. The highest BCUT2D eigenvalue weighted by atomic mass is 32.3. The molecule has 2 rings (SSSR count). The third kappa shape index (κ3) is 5.47. The highest BCUT2D eigenvalue weighted by Crippen LogP contribution is 2.34. The lowest BCUT2D eigenvalue weighted by atomic mass is 10.0. The van der Waals surface area contributed by atoms with E-state index in [0.717, 1.165) is 39.1 Å². The molecular weight excluding hydrogens is 344 g/mol. The highest BCUT2D eigenvalue weighted by Gasteiger charge is 2.21. The van der Waals surface area contributed by atoms with Crippen LogP contribution in [0.5, 0.6) is 0 Å². The molecule has 1 saturated heterocycles. The first kappa shape index (κ1) is 18.7. The summed E-state index contributed by atoms with van der Waals surface area (Å²) in [7, 11) is -0.646. The number of rotatable bonds is 5. The third-order valence-corrected chi connectivity index (χ3v) is 6.41. The van der Waals surface area contributed by atoms with E-state index in [1.54, 1.807) is 11.8 Å². The van der Waals surface area contributed by atoms with E-state index in [-0.39, 0.29) is 5.91 Å². The second kappa shape index (κ2) is 7.99. The number of carbonyl (C=O) groups excluding carboxylic acids is 1. The predicted octanol–water partition coefficient (Wildman–Crippen LogP) is 3.60. The average Bonchev–Trinajstić information content (AvgIpc) is 2.42. The molecule has 6 heteroatoms. The topological polar surface area (TPSA) is 41.5 Å². The molecule has 0 spiro atoms. The molecule has 0 aromatic heterocycles. The van der Waals surface area contributed by atoms with Crippen molar-refractivity contribution < 1.29 is 4.79 Å². The molecule has 0 radical (unpaired) electrons. The van der Waals surface area contributed by atoms with Crippen LogP contribution in [-0.2, 0) is 0 Å².